The van der Waals surface area contributed by atoms with Crippen LogP contribution in [0, 0.1) is 0 Å². The fourth-order valence-corrected chi connectivity index (χ4v) is 1.72. The van der Waals surface area contributed by atoms with Gasteiger partial charge in [0.1, 0.15) is 6.54 Å². The van der Waals surface area contributed by atoms with E-state index in [0.717, 1.165) is 4.90 Å². The summed E-state index contributed by atoms with van der Waals surface area (Å²) >= 11 is 11.6. The molecule has 0 amide bonds. The van der Waals surface area contributed by atoms with Gasteiger partial charge in [-0.25, -0.2) is 0 Å². The molecule has 0 unspecified atom stereocenters. The minimum atomic E-state index is -4.26. The van der Waals surface area contributed by atoms with Crippen LogP contribution in [0.5, 0.6) is 0 Å². The monoisotopic (exact) mass is 271 g/mol. The smallest absolute Gasteiger partial charge is 0.362 e. The molecular weight excluding hydrogens is 262 g/mol. The van der Waals surface area contributed by atoms with E-state index in [0.29, 0.717) is 10.7 Å². The van der Waals surface area contributed by atoms with E-state index >= 15 is 0 Å². The standard InChI is InChI=1S/C10H10Cl2F3N/c1-2-16(6-10(13,14)15)9-5-7(11)3-4-8(9)12/h3-5H,2,6H2,1H3. The molecule has 1 nitrogen and oxygen atoms in total. The zero-order valence-corrected chi connectivity index (χ0v) is 10.00. The SMILES string of the molecule is CCN(CC(F)(F)F)c1cc(Cl)ccc1Cl. The van der Waals surface area contributed by atoms with Gasteiger partial charge in [-0.15, -0.1) is 0 Å². The molecule has 0 fully saturated rings. The Balaban J connectivity index is 2.99. The number of halogens is 5. The highest BCUT2D eigenvalue weighted by Gasteiger charge is 2.31. The van der Waals surface area contributed by atoms with Crippen molar-refractivity contribution in [3.8, 4) is 0 Å². The maximum absolute atomic E-state index is 12.3. The molecule has 1 aromatic rings. The Morgan fingerprint density at radius 1 is 1.25 bits per heavy atom. The van der Waals surface area contributed by atoms with Crippen molar-refractivity contribution in [3.05, 3.63) is 28.2 Å². The quantitative estimate of drug-likeness (QED) is 0.789. The van der Waals surface area contributed by atoms with Gasteiger partial charge in [0.05, 0.1) is 10.7 Å². The summed E-state index contributed by atoms with van der Waals surface area (Å²) in [4.78, 5) is 1.13. The van der Waals surface area contributed by atoms with Gasteiger partial charge in [0, 0.05) is 11.6 Å². The molecule has 6 heteroatoms. The van der Waals surface area contributed by atoms with E-state index in [2.05, 4.69) is 0 Å². The fourth-order valence-electron chi connectivity index (χ4n) is 1.31. The molecule has 0 heterocycles. The minimum Gasteiger partial charge on any atom is -0.362 e. The Hall–Kier alpha value is -0.610. The van der Waals surface area contributed by atoms with Crippen molar-refractivity contribution in [2.75, 3.05) is 18.0 Å². The summed E-state index contributed by atoms with van der Waals surface area (Å²) in [5, 5.41) is 0.621. The summed E-state index contributed by atoms with van der Waals surface area (Å²) in [6.45, 7) is 0.798. The second-order valence-corrected chi connectivity index (χ2v) is 4.07. The van der Waals surface area contributed by atoms with Crippen molar-refractivity contribution in [1.82, 2.24) is 0 Å². The highest BCUT2D eigenvalue weighted by atomic mass is 35.5. The van der Waals surface area contributed by atoms with Gasteiger partial charge in [0.15, 0.2) is 0 Å². The second-order valence-electron chi connectivity index (χ2n) is 3.23. The van der Waals surface area contributed by atoms with E-state index in [1.807, 2.05) is 0 Å². The number of benzene rings is 1. The molecule has 0 saturated heterocycles. The summed E-state index contributed by atoms with van der Waals surface area (Å²) in [5.74, 6) is 0. The van der Waals surface area contributed by atoms with Crippen LogP contribution in [0.15, 0.2) is 18.2 Å². The molecule has 0 aliphatic rings. The topological polar surface area (TPSA) is 3.24 Å². The maximum atomic E-state index is 12.3. The predicted molar refractivity (Wildman–Crippen MR) is 60.4 cm³/mol. The van der Waals surface area contributed by atoms with E-state index in [9.17, 15) is 13.2 Å². The van der Waals surface area contributed by atoms with Crippen LogP contribution in [-0.4, -0.2) is 19.3 Å². The minimum absolute atomic E-state index is 0.208. The lowest BCUT2D eigenvalue weighted by Crippen LogP contribution is -2.34. The highest BCUT2D eigenvalue weighted by Crippen LogP contribution is 2.31. The maximum Gasteiger partial charge on any atom is 0.405 e. The first-order chi connectivity index (χ1) is 7.33. The van der Waals surface area contributed by atoms with Gasteiger partial charge in [0.2, 0.25) is 0 Å². The van der Waals surface area contributed by atoms with E-state index in [1.54, 1.807) is 6.92 Å². The second kappa shape index (κ2) is 5.15. The molecule has 0 aliphatic heterocycles. The first kappa shape index (κ1) is 13.5. The van der Waals surface area contributed by atoms with Crippen LogP contribution in [0.25, 0.3) is 0 Å². The number of hydrogen-bond acceptors (Lipinski definition) is 1. The summed E-state index contributed by atoms with van der Waals surface area (Å²) in [6, 6.07) is 4.45. The molecule has 16 heavy (non-hydrogen) atoms. The molecule has 90 valence electrons. The Kier molecular flexibility index (Phi) is 4.33. The van der Waals surface area contributed by atoms with Gasteiger partial charge in [-0.1, -0.05) is 23.2 Å². The molecule has 1 aromatic carbocycles. The average Bonchev–Trinajstić information content (AvgIpc) is 2.17. The summed E-state index contributed by atoms with van der Waals surface area (Å²) in [5.41, 5.74) is 0.300. The third-order valence-electron chi connectivity index (χ3n) is 2.00. The van der Waals surface area contributed by atoms with Crippen LogP contribution in [0.3, 0.4) is 0 Å². The van der Waals surface area contributed by atoms with Crippen molar-refractivity contribution in [2.45, 2.75) is 13.1 Å². The lowest BCUT2D eigenvalue weighted by Gasteiger charge is -2.25. The zero-order chi connectivity index (χ0) is 12.3. The molecule has 0 aromatic heterocycles. The molecular formula is C10H10Cl2F3N. The summed E-state index contributed by atoms with van der Waals surface area (Å²) < 4.78 is 36.9. The third kappa shape index (κ3) is 3.76. The average molecular weight is 272 g/mol. The van der Waals surface area contributed by atoms with Gasteiger partial charge < -0.3 is 4.90 Å². The Labute approximate surface area is 102 Å². The molecule has 0 atom stereocenters. The lowest BCUT2D eigenvalue weighted by atomic mass is 10.3. The molecule has 0 radical (unpaired) electrons. The lowest BCUT2D eigenvalue weighted by molar-refractivity contribution is -0.119. The zero-order valence-electron chi connectivity index (χ0n) is 8.48. The molecule has 0 N–H and O–H groups in total. The largest absolute Gasteiger partial charge is 0.405 e. The van der Waals surface area contributed by atoms with E-state index in [-0.39, 0.29) is 11.6 Å². The van der Waals surface area contributed by atoms with Crippen molar-refractivity contribution in [2.24, 2.45) is 0 Å². The van der Waals surface area contributed by atoms with Gasteiger partial charge in [-0.05, 0) is 25.1 Å². The van der Waals surface area contributed by atoms with E-state index in [4.69, 9.17) is 23.2 Å². The molecule has 0 aliphatic carbocycles. The van der Waals surface area contributed by atoms with Gasteiger partial charge in [-0.3, -0.25) is 0 Å². The van der Waals surface area contributed by atoms with Crippen molar-refractivity contribution >= 4 is 28.9 Å². The first-order valence-electron chi connectivity index (χ1n) is 4.60. The first-order valence-corrected chi connectivity index (χ1v) is 5.36. The number of alkyl halides is 3. The fraction of sp³-hybridized carbons (Fsp3) is 0.400. The van der Waals surface area contributed by atoms with Crippen LogP contribution in [0.2, 0.25) is 10.0 Å². The van der Waals surface area contributed by atoms with Crippen LogP contribution in [0.4, 0.5) is 18.9 Å². The highest BCUT2D eigenvalue weighted by molar-refractivity contribution is 6.35. The third-order valence-corrected chi connectivity index (χ3v) is 2.56. The normalized spacial score (nSPS) is 11.6. The van der Waals surface area contributed by atoms with Gasteiger partial charge >= 0.3 is 6.18 Å². The Morgan fingerprint density at radius 2 is 1.88 bits per heavy atom. The van der Waals surface area contributed by atoms with Crippen molar-refractivity contribution < 1.29 is 13.2 Å². The van der Waals surface area contributed by atoms with E-state index in [1.165, 1.54) is 18.2 Å². The predicted octanol–water partition coefficient (Wildman–Crippen LogP) is 4.38. The van der Waals surface area contributed by atoms with Crippen LogP contribution < -0.4 is 4.90 Å². The van der Waals surface area contributed by atoms with Crippen LogP contribution in [0.1, 0.15) is 6.92 Å². The molecule has 0 bridgehead atoms. The molecule has 1 rings (SSSR count). The van der Waals surface area contributed by atoms with Crippen LogP contribution in [-0.2, 0) is 0 Å². The van der Waals surface area contributed by atoms with Gasteiger partial charge in [0.25, 0.3) is 0 Å². The van der Waals surface area contributed by atoms with Crippen molar-refractivity contribution in [1.29, 1.82) is 0 Å². The van der Waals surface area contributed by atoms with Gasteiger partial charge in [-0.2, -0.15) is 13.2 Å². The van der Waals surface area contributed by atoms with Crippen LogP contribution >= 0.6 is 23.2 Å². The number of rotatable bonds is 3. The van der Waals surface area contributed by atoms with Crippen molar-refractivity contribution in [3.63, 3.8) is 0 Å². The number of anilines is 1. The summed E-state index contributed by atoms with van der Waals surface area (Å²) in [6.07, 6.45) is -4.26. The number of nitrogens with zero attached hydrogens (tertiary/aromatic N) is 1. The number of hydrogen-bond donors (Lipinski definition) is 0. The Bertz CT molecular complexity index is 366. The Morgan fingerprint density at radius 3 is 2.38 bits per heavy atom. The van der Waals surface area contributed by atoms with E-state index < -0.39 is 12.7 Å². The molecule has 0 spiro atoms. The summed E-state index contributed by atoms with van der Waals surface area (Å²) in [7, 11) is 0. The molecule has 0 saturated carbocycles.